The van der Waals surface area contributed by atoms with Crippen molar-refractivity contribution in [2.24, 2.45) is 5.92 Å². The number of carbonyl (C=O) groups excluding carboxylic acids is 1. The lowest BCUT2D eigenvalue weighted by Crippen LogP contribution is -2.43. The number of carbonyl (C=O) groups is 1. The molecule has 0 spiro atoms. The van der Waals surface area contributed by atoms with Gasteiger partial charge in [0, 0.05) is 24.3 Å². The first kappa shape index (κ1) is 14.0. The van der Waals surface area contributed by atoms with Crippen LogP contribution < -0.4 is 5.43 Å². The monoisotopic (exact) mass is 316 g/mol. The minimum absolute atomic E-state index is 0.0408. The molecule has 1 atom stereocenters. The summed E-state index contributed by atoms with van der Waals surface area (Å²) in [4.78, 5) is 26.8. The predicted octanol–water partition coefficient (Wildman–Crippen LogP) is 2.85. The van der Waals surface area contributed by atoms with E-state index in [2.05, 4.69) is 11.8 Å². The average Bonchev–Trinajstić information content (AvgIpc) is 3.41. The van der Waals surface area contributed by atoms with E-state index in [1.807, 2.05) is 16.0 Å². The topological polar surface area (TPSA) is 42.3 Å². The van der Waals surface area contributed by atoms with E-state index in [1.165, 1.54) is 24.2 Å². The molecule has 2 aliphatic rings. The van der Waals surface area contributed by atoms with Crippen molar-refractivity contribution in [1.82, 2.24) is 9.47 Å². The smallest absolute Gasteiger partial charge is 0.243 e. The van der Waals surface area contributed by atoms with Crippen LogP contribution in [0.15, 0.2) is 28.5 Å². The van der Waals surface area contributed by atoms with Crippen LogP contribution in [0.1, 0.15) is 32.6 Å². The van der Waals surface area contributed by atoms with Gasteiger partial charge >= 0.3 is 0 Å². The van der Waals surface area contributed by atoms with Gasteiger partial charge < -0.3 is 9.47 Å². The SMILES string of the molecule is C[C@H](C1CC1)N(C(=O)Cn1ccc(=O)c2sccc21)C1CC1. The first-order valence-corrected chi connectivity index (χ1v) is 8.91. The predicted molar refractivity (Wildman–Crippen MR) is 88.1 cm³/mol. The molecular weight excluding hydrogens is 296 g/mol. The van der Waals surface area contributed by atoms with Crippen molar-refractivity contribution < 1.29 is 4.79 Å². The molecule has 4 rings (SSSR count). The van der Waals surface area contributed by atoms with Crippen LogP contribution in [0.3, 0.4) is 0 Å². The Labute approximate surface area is 133 Å². The van der Waals surface area contributed by atoms with Crippen molar-refractivity contribution in [3.05, 3.63) is 33.9 Å². The minimum atomic E-state index is 0.0408. The Balaban J connectivity index is 1.60. The molecule has 2 aliphatic carbocycles. The van der Waals surface area contributed by atoms with Gasteiger partial charge in [-0.2, -0.15) is 0 Å². The van der Waals surface area contributed by atoms with Gasteiger partial charge in [0.05, 0.1) is 10.2 Å². The Kier molecular flexibility index (Phi) is 3.33. The fourth-order valence-electron chi connectivity index (χ4n) is 3.31. The Hall–Kier alpha value is -1.62. The van der Waals surface area contributed by atoms with Crippen LogP contribution in [-0.4, -0.2) is 27.5 Å². The van der Waals surface area contributed by atoms with Gasteiger partial charge in [-0.15, -0.1) is 11.3 Å². The highest BCUT2D eigenvalue weighted by Gasteiger charge is 2.41. The number of fused-ring (bicyclic) bond motifs is 1. The van der Waals surface area contributed by atoms with Crippen LogP contribution in [0, 0.1) is 5.92 Å². The Bertz CT molecular complexity index is 770. The van der Waals surface area contributed by atoms with Crippen LogP contribution in [0.2, 0.25) is 0 Å². The van der Waals surface area contributed by atoms with Crippen LogP contribution in [0.25, 0.3) is 10.2 Å². The largest absolute Gasteiger partial charge is 0.337 e. The minimum Gasteiger partial charge on any atom is -0.337 e. The molecule has 2 saturated carbocycles. The standard InChI is InChI=1S/C17H20N2O2S/c1-11(12-2-3-12)19(13-4-5-13)16(21)10-18-8-6-15(20)17-14(18)7-9-22-17/h6-9,11-13H,2-5,10H2,1H3/t11-/m1/s1. The quantitative estimate of drug-likeness (QED) is 0.851. The number of aromatic nitrogens is 1. The highest BCUT2D eigenvalue weighted by molar-refractivity contribution is 7.17. The molecule has 2 heterocycles. The fraction of sp³-hybridized carbons (Fsp3) is 0.529. The molecule has 22 heavy (non-hydrogen) atoms. The molecule has 0 N–H and O–H groups in total. The van der Waals surface area contributed by atoms with Crippen LogP contribution >= 0.6 is 11.3 Å². The zero-order valence-corrected chi connectivity index (χ0v) is 13.5. The van der Waals surface area contributed by atoms with Crippen molar-refractivity contribution in [1.29, 1.82) is 0 Å². The van der Waals surface area contributed by atoms with Crippen molar-refractivity contribution >= 4 is 27.5 Å². The summed E-state index contributed by atoms with van der Waals surface area (Å²) in [5, 5.41) is 1.92. The number of rotatable bonds is 5. The van der Waals surface area contributed by atoms with Gasteiger partial charge in [-0.1, -0.05) is 0 Å². The van der Waals surface area contributed by atoms with Gasteiger partial charge in [0.15, 0.2) is 5.43 Å². The van der Waals surface area contributed by atoms with Gasteiger partial charge in [-0.05, 0) is 50.0 Å². The zero-order chi connectivity index (χ0) is 15.3. The van der Waals surface area contributed by atoms with E-state index >= 15 is 0 Å². The van der Waals surface area contributed by atoms with Crippen LogP contribution in [-0.2, 0) is 11.3 Å². The van der Waals surface area contributed by atoms with Gasteiger partial charge in [-0.25, -0.2) is 0 Å². The summed E-state index contributed by atoms with van der Waals surface area (Å²) in [6, 6.07) is 4.30. The molecule has 116 valence electrons. The van der Waals surface area contributed by atoms with E-state index in [-0.39, 0.29) is 11.3 Å². The average molecular weight is 316 g/mol. The van der Waals surface area contributed by atoms with Gasteiger partial charge in [0.1, 0.15) is 6.54 Å². The van der Waals surface area contributed by atoms with E-state index in [0.29, 0.717) is 24.5 Å². The third kappa shape index (κ3) is 2.47. The third-order valence-electron chi connectivity index (χ3n) is 4.86. The second kappa shape index (κ2) is 5.23. The third-order valence-corrected chi connectivity index (χ3v) is 5.78. The van der Waals surface area contributed by atoms with Crippen molar-refractivity contribution in [2.75, 3.05) is 0 Å². The molecule has 2 fully saturated rings. The summed E-state index contributed by atoms with van der Waals surface area (Å²) in [7, 11) is 0. The molecule has 0 saturated heterocycles. The highest BCUT2D eigenvalue weighted by Crippen LogP contribution is 2.39. The van der Waals surface area contributed by atoms with Gasteiger partial charge in [-0.3, -0.25) is 9.59 Å². The van der Waals surface area contributed by atoms with Gasteiger partial charge in [0.25, 0.3) is 0 Å². The molecule has 0 radical (unpaired) electrons. The molecule has 2 aromatic rings. The molecule has 1 amide bonds. The molecule has 0 aromatic carbocycles. The second-order valence-electron chi connectivity index (χ2n) is 6.55. The van der Waals surface area contributed by atoms with Crippen molar-refractivity contribution in [3.63, 3.8) is 0 Å². The molecule has 4 nitrogen and oxygen atoms in total. The first-order chi connectivity index (χ1) is 10.6. The number of thiophene rings is 1. The Morgan fingerprint density at radius 3 is 2.82 bits per heavy atom. The molecule has 0 bridgehead atoms. The Morgan fingerprint density at radius 2 is 2.14 bits per heavy atom. The number of amides is 1. The van der Waals surface area contributed by atoms with Crippen LogP contribution in [0.5, 0.6) is 0 Å². The summed E-state index contributed by atoms with van der Waals surface area (Å²) in [5.74, 6) is 0.887. The zero-order valence-electron chi connectivity index (χ0n) is 12.7. The number of pyridine rings is 1. The van der Waals surface area contributed by atoms with E-state index in [9.17, 15) is 9.59 Å². The fourth-order valence-corrected chi connectivity index (χ4v) is 4.14. The molecular formula is C17H20N2O2S. The first-order valence-electron chi connectivity index (χ1n) is 8.03. The highest BCUT2D eigenvalue weighted by atomic mass is 32.1. The maximum Gasteiger partial charge on any atom is 0.243 e. The molecule has 2 aromatic heterocycles. The summed E-state index contributed by atoms with van der Waals surface area (Å²) in [6.45, 7) is 2.53. The maximum absolute atomic E-state index is 12.8. The lowest BCUT2D eigenvalue weighted by Gasteiger charge is -2.30. The molecule has 0 aliphatic heterocycles. The summed E-state index contributed by atoms with van der Waals surface area (Å²) >= 11 is 1.45. The van der Waals surface area contributed by atoms with E-state index in [4.69, 9.17) is 0 Å². The lowest BCUT2D eigenvalue weighted by atomic mass is 10.1. The lowest BCUT2D eigenvalue weighted by molar-refractivity contribution is -0.134. The Morgan fingerprint density at radius 1 is 1.36 bits per heavy atom. The maximum atomic E-state index is 12.8. The molecule has 5 heteroatoms. The van der Waals surface area contributed by atoms with E-state index < -0.39 is 0 Å². The second-order valence-corrected chi connectivity index (χ2v) is 7.47. The van der Waals surface area contributed by atoms with E-state index in [0.717, 1.165) is 23.1 Å². The molecule has 0 unspecified atom stereocenters. The summed E-state index contributed by atoms with van der Waals surface area (Å²) in [5.41, 5.74) is 0.916. The van der Waals surface area contributed by atoms with E-state index in [1.54, 1.807) is 12.3 Å². The number of hydrogen-bond donors (Lipinski definition) is 0. The number of nitrogens with zero attached hydrogens (tertiary/aromatic N) is 2. The van der Waals surface area contributed by atoms with Gasteiger partial charge in [0.2, 0.25) is 5.91 Å². The van der Waals surface area contributed by atoms with Crippen LogP contribution in [0.4, 0.5) is 0 Å². The number of hydrogen-bond acceptors (Lipinski definition) is 3. The van der Waals surface area contributed by atoms with Crippen molar-refractivity contribution in [2.45, 2.75) is 51.2 Å². The normalized spacial score (nSPS) is 19.3. The summed E-state index contributed by atoms with van der Waals surface area (Å²) < 4.78 is 2.66. The van der Waals surface area contributed by atoms with Crippen molar-refractivity contribution in [3.8, 4) is 0 Å². The summed E-state index contributed by atoms with van der Waals surface area (Å²) in [6.07, 6.45) is 6.54.